The van der Waals surface area contributed by atoms with Gasteiger partial charge in [-0.2, -0.15) is 0 Å². The third-order valence-electron chi connectivity index (χ3n) is 3.43. The Kier molecular flexibility index (Phi) is 1.37. The van der Waals surface area contributed by atoms with E-state index in [4.69, 9.17) is 4.74 Å². The van der Waals surface area contributed by atoms with E-state index in [-0.39, 0.29) is 23.4 Å². The summed E-state index contributed by atoms with van der Waals surface area (Å²) < 4.78 is 5.28. The molecule has 0 aromatic rings. The maximum absolute atomic E-state index is 11.3. The van der Waals surface area contributed by atoms with Gasteiger partial charge in [0.2, 0.25) is 0 Å². The fraction of sp³-hybridized carbons (Fsp3) is 0.900. The molecule has 0 spiro atoms. The number of hydrogen-bond acceptors (Lipinski definition) is 2. The zero-order valence-corrected chi connectivity index (χ0v) is 8.13. The van der Waals surface area contributed by atoms with E-state index in [1.54, 1.807) is 0 Å². The first kappa shape index (κ1) is 8.09. The second-order valence-corrected chi connectivity index (χ2v) is 4.97. The molecule has 0 amide bonds. The summed E-state index contributed by atoms with van der Waals surface area (Å²) in [5.74, 6) is 1.18. The van der Waals surface area contributed by atoms with Crippen LogP contribution in [0.1, 0.15) is 27.7 Å². The number of carbonyl (C=O) groups is 1. The van der Waals surface area contributed by atoms with Crippen LogP contribution in [0.15, 0.2) is 0 Å². The van der Waals surface area contributed by atoms with E-state index in [1.165, 1.54) is 0 Å². The monoisotopic (exact) mass is 168 g/mol. The molecule has 12 heavy (non-hydrogen) atoms. The van der Waals surface area contributed by atoms with Crippen LogP contribution in [0.25, 0.3) is 0 Å². The lowest BCUT2D eigenvalue weighted by Gasteiger charge is -2.20. The summed E-state index contributed by atoms with van der Waals surface area (Å²) in [7, 11) is 0. The largest absolute Gasteiger partial charge is 0.462 e. The van der Waals surface area contributed by atoms with E-state index < -0.39 is 0 Å². The third-order valence-corrected chi connectivity index (χ3v) is 3.43. The van der Waals surface area contributed by atoms with Crippen LogP contribution in [0.4, 0.5) is 0 Å². The third kappa shape index (κ3) is 0.782. The average molecular weight is 168 g/mol. The molecule has 0 aromatic heterocycles. The minimum Gasteiger partial charge on any atom is -0.462 e. The lowest BCUT2D eigenvalue weighted by Crippen LogP contribution is -2.24. The molecular weight excluding hydrogens is 152 g/mol. The number of rotatable bonds is 1. The number of carbonyl (C=O) groups excluding carboxylic acids is 1. The molecule has 1 saturated heterocycles. The molecule has 0 radical (unpaired) electrons. The van der Waals surface area contributed by atoms with Crippen molar-refractivity contribution < 1.29 is 9.53 Å². The highest BCUT2D eigenvalue weighted by Gasteiger charge is 2.71. The van der Waals surface area contributed by atoms with Crippen LogP contribution >= 0.6 is 0 Å². The molecule has 0 N–H and O–H groups in total. The van der Waals surface area contributed by atoms with Gasteiger partial charge in [-0.3, -0.25) is 4.79 Å². The van der Waals surface area contributed by atoms with Crippen molar-refractivity contribution in [2.45, 2.75) is 33.8 Å². The lowest BCUT2D eigenvalue weighted by molar-refractivity contribution is -0.149. The standard InChI is InChI=1S/C10H16O2/c1-5(2)8-6-7(9(11)12-8)10(6,3)4/h5-8H,1-4H3. The summed E-state index contributed by atoms with van der Waals surface area (Å²) in [5.41, 5.74) is 0.213. The lowest BCUT2D eigenvalue weighted by atomic mass is 9.97. The second kappa shape index (κ2) is 2.04. The van der Waals surface area contributed by atoms with Crippen molar-refractivity contribution in [2.24, 2.45) is 23.2 Å². The zero-order chi connectivity index (χ0) is 9.09. The Morgan fingerprint density at radius 1 is 1.42 bits per heavy atom. The first-order valence-corrected chi connectivity index (χ1v) is 4.66. The molecule has 1 aliphatic heterocycles. The Bertz CT molecular complexity index is 230. The Labute approximate surface area is 73.3 Å². The predicted octanol–water partition coefficient (Wildman–Crippen LogP) is 1.84. The van der Waals surface area contributed by atoms with Gasteiger partial charge in [0.15, 0.2) is 0 Å². The second-order valence-electron chi connectivity index (χ2n) is 4.97. The molecule has 2 fully saturated rings. The van der Waals surface area contributed by atoms with Gasteiger partial charge in [-0.25, -0.2) is 0 Å². The summed E-state index contributed by atoms with van der Waals surface area (Å²) in [6, 6.07) is 0. The summed E-state index contributed by atoms with van der Waals surface area (Å²) in [5, 5.41) is 0. The first-order chi connectivity index (χ1) is 5.46. The Morgan fingerprint density at radius 2 is 2.00 bits per heavy atom. The van der Waals surface area contributed by atoms with E-state index in [1.807, 2.05) is 0 Å². The molecule has 0 bridgehead atoms. The Morgan fingerprint density at radius 3 is 2.25 bits per heavy atom. The summed E-state index contributed by atoms with van der Waals surface area (Å²) in [6.07, 6.45) is 0.178. The van der Waals surface area contributed by atoms with Gasteiger partial charge >= 0.3 is 5.97 Å². The van der Waals surface area contributed by atoms with Gasteiger partial charge in [-0.05, 0) is 11.3 Å². The summed E-state index contributed by atoms with van der Waals surface area (Å²) >= 11 is 0. The van der Waals surface area contributed by atoms with Crippen LogP contribution < -0.4 is 0 Å². The molecule has 0 aromatic carbocycles. The van der Waals surface area contributed by atoms with Crippen LogP contribution in [-0.2, 0) is 9.53 Å². The van der Waals surface area contributed by atoms with E-state index in [2.05, 4.69) is 27.7 Å². The van der Waals surface area contributed by atoms with Crippen molar-refractivity contribution in [3.05, 3.63) is 0 Å². The van der Waals surface area contributed by atoms with E-state index in [9.17, 15) is 4.79 Å². The van der Waals surface area contributed by atoms with Gasteiger partial charge in [-0.1, -0.05) is 27.7 Å². The summed E-state index contributed by atoms with van der Waals surface area (Å²) in [6.45, 7) is 8.57. The molecular formula is C10H16O2. The van der Waals surface area contributed by atoms with E-state index in [0.717, 1.165) is 0 Å². The Balaban J connectivity index is 2.19. The van der Waals surface area contributed by atoms with Crippen LogP contribution in [0.2, 0.25) is 0 Å². The van der Waals surface area contributed by atoms with Gasteiger partial charge in [0.25, 0.3) is 0 Å². The fourth-order valence-corrected chi connectivity index (χ4v) is 2.57. The minimum absolute atomic E-state index is 0.0312. The predicted molar refractivity (Wildman–Crippen MR) is 45.5 cm³/mol. The Hall–Kier alpha value is -0.530. The molecule has 2 nitrogen and oxygen atoms in total. The van der Waals surface area contributed by atoms with Gasteiger partial charge < -0.3 is 4.74 Å². The molecule has 68 valence electrons. The SMILES string of the molecule is CC(C)C1OC(=O)C2C1C2(C)C. The first-order valence-electron chi connectivity index (χ1n) is 4.66. The van der Waals surface area contributed by atoms with Crippen LogP contribution in [0.3, 0.4) is 0 Å². The van der Waals surface area contributed by atoms with Crippen molar-refractivity contribution in [2.75, 3.05) is 0 Å². The van der Waals surface area contributed by atoms with E-state index in [0.29, 0.717) is 11.8 Å². The molecule has 3 atom stereocenters. The van der Waals surface area contributed by atoms with Crippen molar-refractivity contribution in [3.8, 4) is 0 Å². The molecule has 2 rings (SSSR count). The highest BCUT2D eigenvalue weighted by molar-refractivity contribution is 5.80. The van der Waals surface area contributed by atoms with Gasteiger partial charge in [0, 0.05) is 5.92 Å². The topological polar surface area (TPSA) is 26.3 Å². The van der Waals surface area contributed by atoms with Crippen LogP contribution in [-0.4, -0.2) is 12.1 Å². The number of esters is 1. The van der Waals surface area contributed by atoms with Gasteiger partial charge in [-0.15, -0.1) is 0 Å². The quantitative estimate of drug-likeness (QED) is 0.558. The maximum atomic E-state index is 11.3. The minimum atomic E-state index is 0.0312. The highest BCUT2D eigenvalue weighted by Crippen LogP contribution is 2.65. The number of ether oxygens (including phenoxy) is 1. The van der Waals surface area contributed by atoms with Gasteiger partial charge in [0.05, 0.1) is 5.92 Å². The van der Waals surface area contributed by atoms with Crippen molar-refractivity contribution in [1.82, 2.24) is 0 Å². The molecule has 2 aliphatic rings. The number of cyclic esters (lactones) is 1. The van der Waals surface area contributed by atoms with Crippen molar-refractivity contribution in [1.29, 1.82) is 0 Å². The molecule has 1 aliphatic carbocycles. The normalized spacial score (nSPS) is 42.8. The summed E-state index contributed by atoms with van der Waals surface area (Å²) in [4.78, 5) is 11.3. The van der Waals surface area contributed by atoms with Crippen LogP contribution in [0.5, 0.6) is 0 Å². The average Bonchev–Trinajstić information content (AvgIpc) is 2.37. The molecule has 1 heterocycles. The molecule has 1 saturated carbocycles. The maximum Gasteiger partial charge on any atom is 0.310 e. The highest BCUT2D eigenvalue weighted by atomic mass is 16.6. The number of fused-ring (bicyclic) bond motifs is 1. The van der Waals surface area contributed by atoms with Gasteiger partial charge in [0.1, 0.15) is 6.10 Å². The fourth-order valence-electron chi connectivity index (χ4n) is 2.57. The van der Waals surface area contributed by atoms with Crippen molar-refractivity contribution in [3.63, 3.8) is 0 Å². The molecule has 3 unspecified atom stereocenters. The number of hydrogen-bond donors (Lipinski definition) is 0. The zero-order valence-electron chi connectivity index (χ0n) is 8.13. The molecule has 2 heteroatoms. The van der Waals surface area contributed by atoms with Crippen molar-refractivity contribution >= 4 is 5.97 Å². The smallest absolute Gasteiger partial charge is 0.310 e. The van der Waals surface area contributed by atoms with Crippen LogP contribution in [0, 0.1) is 23.2 Å². The van der Waals surface area contributed by atoms with E-state index >= 15 is 0 Å².